The summed E-state index contributed by atoms with van der Waals surface area (Å²) < 4.78 is 27.3. The van der Waals surface area contributed by atoms with Crippen molar-refractivity contribution in [3.63, 3.8) is 0 Å². The van der Waals surface area contributed by atoms with E-state index in [1.54, 1.807) is 42.5 Å². The number of carbonyl (C=O) groups is 2. The van der Waals surface area contributed by atoms with E-state index in [0.717, 1.165) is 28.1 Å². The lowest BCUT2D eigenvalue weighted by Crippen LogP contribution is -2.53. The van der Waals surface area contributed by atoms with Gasteiger partial charge in [-0.05, 0) is 47.9 Å². The van der Waals surface area contributed by atoms with E-state index in [9.17, 15) is 18.0 Å². The standard InChI is InChI=1S/C28H31BrClN3O4S/c1-3-15-31-28(35)26(17-21-9-5-4-6-10-21)32(19-22-11-7-13-24(30)16-22)27(34)20-33(38(2,36)37)25-14-8-12-23(29)18-25/h4-14,16,18,26H,3,15,17,19-20H2,1-2H3,(H,31,35)/t26-/m1/s1. The highest BCUT2D eigenvalue weighted by Gasteiger charge is 2.33. The van der Waals surface area contributed by atoms with Crippen LogP contribution in [0.5, 0.6) is 0 Å². The van der Waals surface area contributed by atoms with Crippen LogP contribution in [0.2, 0.25) is 5.02 Å². The average molecular weight is 621 g/mol. The second kappa shape index (κ2) is 13.8. The van der Waals surface area contributed by atoms with Crippen LogP contribution in [0.3, 0.4) is 0 Å². The fraction of sp³-hybridized carbons (Fsp3) is 0.286. The number of anilines is 1. The van der Waals surface area contributed by atoms with Gasteiger partial charge in [0, 0.05) is 29.0 Å². The van der Waals surface area contributed by atoms with E-state index >= 15 is 0 Å². The molecule has 0 aromatic heterocycles. The molecule has 0 aliphatic rings. The fourth-order valence-corrected chi connectivity index (χ4v) is 5.44. The Hall–Kier alpha value is -2.88. The van der Waals surface area contributed by atoms with Gasteiger partial charge in [0.25, 0.3) is 0 Å². The molecule has 1 N–H and O–H groups in total. The molecule has 0 fully saturated rings. The molecule has 0 spiro atoms. The van der Waals surface area contributed by atoms with Gasteiger partial charge in [-0.3, -0.25) is 13.9 Å². The normalized spacial score (nSPS) is 12.0. The van der Waals surface area contributed by atoms with Crippen molar-refractivity contribution in [1.29, 1.82) is 0 Å². The molecule has 3 aromatic carbocycles. The maximum Gasteiger partial charge on any atom is 0.244 e. The molecule has 3 aromatic rings. The van der Waals surface area contributed by atoms with E-state index in [4.69, 9.17) is 11.6 Å². The lowest BCUT2D eigenvalue weighted by molar-refractivity contribution is -0.140. The van der Waals surface area contributed by atoms with Gasteiger partial charge in [-0.2, -0.15) is 0 Å². The summed E-state index contributed by atoms with van der Waals surface area (Å²) in [5.74, 6) is -0.817. The van der Waals surface area contributed by atoms with Crippen molar-refractivity contribution in [3.8, 4) is 0 Å². The summed E-state index contributed by atoms with van der Waals surface area (Å²) >= 11 is 9.58. The highest BCUT2D eigenvalue weighted by atomic mass is 79.9. The van der Waals surface area contributed by atoms with Crippen LogP contribution in [0.15, 0.2) is 83.3 Å². The van der Waals surface area contributed by atoms with Crippen LogP contribution in [0.1, 0.15) is 24.5 Å². The van der Waals surface area contributed by atoms with Crippen molar-refractivity contribution >= 4 is 55.1 Å². The largest absolute Gasteiger partial charge is 0.354 e. The Bertz CT molecular complexity index is 1350. The molecule has 0 radical (unpaired) electrons. The SMILES string of the molecule is CCCNC(=O)[C@@H](Cc1ccccc1)N(Cc1cccc(Cl)c1)C(=O)CN(c1cccc(Br)c1)S(C)(=O)=O. The molecule has 0 bridgehead atoms. The third kappa shape index (κ3) is 8.58. The Morgan fingerprint density at radius 2 is 1.66 bits per heavy atom. The summed E-state index contributed by atoms with van der Waals surface area (Å²) in [5, 5.41) is 3.41. The van der Waals surface area contributed by atoms with Crippen LogP contribution in [0, 0.1) is 0 Å². The molecule has 202 valence electrons. The Kier molecular flexibility index (Phi) is 10.8. The van der Waals surface area contributed by atoms with E-state index in [-0.39, 0.29) is 18.9 Å². The molecule has 10 heteroatoms. The lowest BCUT2D eigenvalue weighted by Gasteiger charge is -2.33. The molecule has 7 nitrogen and oxygen atoms in total. The first kappa shape index (κ1) is 29.7. The zero-order chi connectivity index (χ0) is 27.7. The Morgan fingerprint density at radius 3 is 2.29 bits per heavy atom. The Balaban J connectivity index is 2.04. The summed E-state index contributed by atoms with van der Waals surface area (Å²) in [6.07, 6.45) is 2.05. The first-order valence-corrected chi connectivity index (χ1v) is 15.2. The topological polar surface area (TPSA) is 86.8 Å². The molecule has 0 aliphatic heterocycles. The molecule has 0 heterocycles. The van der Waals surface area contributed by atoms with Gasteiger partial charge in [0.05, 0.1) is 11.9 Å². The molecule has 2 amide bonds. The van der Waals surface area contributed by atoms with Gasteiger partial charge in [0.15, 0.2) is 0 Å². The first-order chi connectivity index (χ1) is 18.1. The van der Waals surface area contributed by atoms with Crippen molar-refractivity contribution in [2.75, 3.05) is 23.7 Å². The van der Waals surface area contributed by atoms with Crippen LogP contribution in [0.4, 0.5) is 5.69 Å². The first-order valence-electron chi connectivity index (χ1n) is 12.2. The smallest absolute Gasteiger partial charge is 0.244 e. The zero-order valence-corrected chi connectivity index (χ0v) is 24.5. The number of hydrogen-bond acceptors (Lipinski definition) is 4. The molecule has 3 rings (SSSR count). The van der Waals surface area contributed by atoms with Crippen LogP contribution >= 0.6 is 27.5 Å². The number of amides is 2. The average Bonchev–Trinajstić information content (AvgIpc) is 2.87. The summed E-state index contributed by atoms with van der Waals surface area (Å²) in [6, 6.07) is 22.3. The van der Waals surface area contributed by atoms with E-state index in [2.05, 4.69) is 21.2 Å². The van der Waals surface area contributed by atoms with Gasteiger partial charge < -0.3 is 10.2 Å². The van der Waals surface area contributed by atoms with E-state index < -0.39 is 28.5 Å². The highest BCUT2D eigenvalue weighted by Crippen LogP contribution is 2.24. The minimum atomic E-state index is -3.82. The molecule has 1 atom stereocenters. The molecular weight excluding hydrogens is 590 g/mol. The fourth-order valence-electron chi connectivity index (χ4n) is 4.00. The van der Waals surface area contributed by atoms with Crippen LogP contribution < -0.4 is 9.62 Å². The van der Waals surface area contributed by atoms with Crippen molar-refractivity contribution in [2.45, 2.75) is 32.4 Å². The minimum Gasteiger partial charge on any atom is -0.354 e. The predicted molar refractivity (Wildman–Crippen MR) is 156 cm³/mol. The molecule has 38 heavy (non-hydrogen) atoms. The van der Waals surface area contributed by atoms with Crippen molar-refractivity contribution in [3.05, 3.63) is 99.5 Å². The Morgan fingerprint density at radius 1 is 0.974 bits per heavy atom. The third-order valence-electron chi connectivity index (χ3n) is 5.84. The number of benzene rings is 3. The van der Waals surface area contributed by atoms with Gasteiger partial charge in [-0.15, -0.1) is 0 Å². The summed E-state index contributed by atoms with van der Waals surface area (Å²) in [6.45, 7) is 2.01. The molecule has 0 saturated heterocycles. The van der Waals surface area contributed by atoms with Crippen molar-refractivity contribution in [2.24, 2.45) is 0 Å². The third-order valence-corrected chi connectivity index (χ3v) is 7.71. The van der Waals surface area contributed by atoms with Crippen LogP contribution in [-0.2, 0) is 32.6 Å². The van der Waals surface area contributed by atoms with Crippen molar-refractivity contribution < 1.29 is 18.0 Å². The van der Waals surface area contributed by atoms with Gasteiger partial charge in [0.2, 0.25) is 21.8 Å². The Labute approximate surface area is 238 Å². The number of halogens is 2. The maximum atomic E-state index is 14.0. The quantitative estimate of drug-likeness (QED) is 0.308. The number of carbonyl (C=O) groups excluding carboxylic acids is 2. The second-order valence-electron chi connectivity index (χ2n) is 8.90. The molecule has 0 unspecified atom stereocenters. The second-order valence-corrected chi connectivity index (χ2v) is 12.2. The number of rotatable bonds is 12. The summed E-state index contributed by atoms with van der Waals surface area (Å²) in [5.41, 5.74) is 1.94. The van der Waals surface area contributed by atoms with Crippen molar-refractivity contribution in [1.82, 2.24) is 10.2 Å². The number of nitrogens with one attached hydrogen (secondary N) is 1. The van der Waals surface area contributed by atoms with Gasteiger partial charge in [-0.1, -0.05) is 83.0 Å². The molecule has 0 aliphatic carbocycles. The molecule has 0 saturated carbocycles. The molecular formula is C28H31BrClN3O4S. The number of sulfonamides is 1. The minimum absolute atomic E-state index is 0.0759. The van der Waals surface area contributed by atoms with E-state index in [1.807, 2.05) is 43.3 Å². The van der Waals surface area contributed by atoms with Gasteiger partial charge >= 0.3 is 0 Å². The lowest BCUT2D eigenvalue weighted by atomic mass is 10.0. The number of hydrogen-bond donors (Lipinski definition) is 1. The van der Waals surface area contributed by atoms with Gasteiger partial charge in [-0.25, -0.2) is 8.42 Å². The zero-order valence-electron chi connectivity index (χ0n) is 21.3. The van der Waals surface area contributed by atoms with E-state index in [1.165, 1.54) is 4.90 Å². The van der Waals surface area contributed by atoms with Crippen LogP contribution in [-0.4, -0.2) is 50.5 Å². The van der Waals surface area contributed by atoms with Gasteiger partial charge in [0.1, 0.15) is 12.6 Å². The van der Waals surface area contributed by atoms with Crippen LogP contribution in [0.25, 0.3) is 0 Å². The summed E-state index contributed by atoms with van der Waals surface area (Å²) in [7, 11) is -3.82. The number of nitrogens with zero attached hydrogens (tertiary/aromatic N) is 2. The monoisotopic (exact) mass is 619 g/mol. The summed E-state index contributed by atoms with van der Waals surface area (Å²) in [4.78, 5) is 28.8. The predicted octanol–water partition coefficient (Wildman–Crippen LogP) is 5.03. The van der Waals surface area contributed by atoms with E-state index in [0.29, 0.717) is 21.7 Å². The maximum absolute atomic E-state index is 14.0. The highest BCUT2D eigenvalue weighted by molar-refractivity contribution is 9.10.